The molecule has 0 bridgehead atoms. The van der Waals surface area contributed by atoms with E-state index in [9.17, 15) is 27.2 Å². The van der Waals surface area contributed by atoms with E-state index >= 15 is 0 Å². The third-order valence-corrected chi connectivity index (χ3v) is 7.10. The first-order valence-electron chi connectivity index (χ1n) is 10.5. The molecule has 180 valence electrons. The number of amides is 2. The molecule has 2 heterocycles. The van der Waals surface area contributed by atoms with E-state index in [2.05, 4.69) is 10.6 Å². The van der Waals surface area contributed by atoms with Crippen LogP contribution in [0.5, 0.6) is 0 Å². The van der Waals surface area contributed by atoms with Gasteiger partial charge in [0.15, 0.2) is 0 Å². The van der Waals surface area contributed by atoms with Crippen LogP contribution < -0.4 is 10.6 Å². The SMILES string of the molecule is O=C1C[C@@H](c2cccc(Cl)c2)[C@]2(C(=O)Nc3cc(Cl)ccc32)[C@@H](c2cc(F)ccc2C(F)(F)F)N1. The van der Waals surface area contributed by atoms with Gasteiger partial charge in [0.05, 0.1) is 11.6 Å². The molecule has 1 fully saturated rings. The number of hydrogen-bond acceptors (Lipinski definition) is 2. The lowest BCUT2D eigenvalue weighted by Crippen LogP contribution is -2.57. The maximum atomic E-state index is 14.4. The minimum absolute atomic E-state index is 0.205. The van der Waals surface area contributed by atoms with Gasteiger partial charge in [-0.05, 0) is 59.2 Å². The highest BCUT2D eigenvalue weighted by atomic mass is 35.5. The quantitative estimate of drug-likeness (QED) is 0.383. The highest BCUT2D eigenvalue weighted by Crippen LogP contribution is 2.58. The number of piperidine rings is 1. The molecule has 0 unspecified atom stereocenters. The Hall–Kier alpha value is -3.10. The highest BCUT2D eigenvalue weighted by molar-refractivity contribution is 6.31. The van der Waals surface area contributed by atoms with Crippen LogP contribution in [0.4, 0.5) is 23.2 Å². The fourth-order valence-electron chi connectivity index (χ4n) is 5.30. The van der Waals surface area contributed by atoms with Crippen LogP contribution in [0.3, 0.4) is 0 Å². The molecule has 5 rings (SSSR count). The number of rotatable bonds is 2. The van der Waals surface area contributed by atoms with Gasteiger partial charge in [-0.2, -0.15) is 13.2 Å². The van der Waals surface area contributed by atoms with Crippen molar-refractivity contribution < 1.29 is 27.2 Å². The van der Waals surface area contributed by atoms with Crippen molar-refractivity contribution in [2.75, 3.05) is 5.32 Å². The van der Waals surface area contributed by atoms with Gasteiger partial charge in [-0.1, -0.05) is 41.4 Å². The van der Waals surface area contributed by atoms with E-state index in [0.29, 0.717) is 39.0 Å². The molecule has 3 atom stereocenters. The van der Waals surface area contributed by atoms with Crippen molar-refractivity contribution in [2.45, 2.75) is 30.0 Å². The summed E-state index contributed by atoms with van der Waals surface area (Å²) in [6.07, 6.45) is -5.07. The van der Waals surface area contributed by atoms with Crippen LogP contribution >= 0.6 is 23.2 Å². The van der Waals surface area contributed by atoms with Gasteiger partial charge in [-0.15, -0.1) is 0 Å². The summed E-state index contributed by atoms with van der Waals surface area (Å²) < 4.78 is 56.5. The maximum Gasteiger partial charge on any atom is 0.416 e. The molecular weight excluding hydrogens is 507 g/mol. The molecule has 0 radical (unpaired) electrons. The standard InChI is InChI=1S/C25H16Cl2F4N2O2/c26-13-3-1-2-12(8-13)19-11-21(34)33-22(16-10-15(28)5-7-17(16)25(29,30)31)24(19)18-6-4-14(27)9-20(18)32-23(24)35/h1-10,19,22H,11H2,(H,32,35)(H,33,34)/t19-,22+,24-/m0/s1. The van der Waals surface area contributed by atoms with Gasteiger partial charge in [0.25, 0.3) is 0 Å². The largest absolute Gasteiger partial charge is 0.416 e. The molecule has 2 aliphatic heterocycles. The summed E-state index contributed by atoms with van der Waals surface area (Å²) in [7, 11) is 0. The van der Waals surface area contributed by atoms with E-state index in [1.54, 1.807) is 30.3 Å². The molecule has 0 aliphatic carbocycles. The number of carbonyl (C=O) groups is 2. The summed E-state index contributed by atoms with van der Waals surface area (Å²) in [5.41, 5.74) is -2.30. The molecule has 2 N–H and O–H groups in total. The molecule has 0 saturated carbocycles. The number of benzene rings is 3. The Kier molecular flexibility index (Phi) is 5.56. The molecule has 3 aromatic rings. The average Bonchev–Trinajstić information content (AvgIpc) is 3.05. The summed E-state index contributed by atoms with van der Waals surface area (Å²) >= 11 is 12.3. The number of alkyl halides is 3. The Morgan fingerprint density at radius 1 is 0.943 bits per heavy atom. The molecule has 10 heteroatoms. The number of halogens is 6. The van der Waals surface area contributed by atoms with Crippen molar-refractivity contribution in [3.05, 3.63) is 98.8 Å². The third-order valence-electron chi connectivity index (χ3n) is 6.63. The Labute approximate surface area is 207 Å². The van der Waals surface area contributed by atoms with Gasteiger partial charge in [-0.3, -0.25) is 9.59 Å². The van der Waals surface area contributed by atoms with Crippen molar-refractivity contribution in [1.29, 1.82) is 0 Å². The first-order chi connectivity index (χ1) is 16.5. The molecule has 35 heavy (non-hydrogen) atoms. The van der Waals surface area contributed by atoms with Crippen molar-refractivity contribution in [2.24, 2.45) is 0 Å². The van der Waals surface area contributed by atoms with E-state index in [0.717, 1.165) is 6.07 Å². The van der Waals surface area contributed by atoms with E-state index in [-0.39, 0.29) is 6.42 Å². The lowest BCUT2D eigenvalue weighted by atomic mass is 9.59. The molecule has 4 nitrogen and oxygen atoms in total. The van der Waals surface area contributed by atoms with Gasteiger partial charge in [0.1, 0.15) is 11.2 Å². The molecule has 3 aromatic carbocycles. The number of carbonyl (C=O) groups excluding carboxylic acids is 2. The van der Waals surface area contributed by atoms with Crippen molar-refractivity contribution >= 4 is 40.7 Å². The normalized spacial score (nSPS) is 23.7. The summed E-state index contributed by atoms with van der Waals surface area (Å²) in [6, 6.07) is 11.5. The predicted octanol–water partition coefficient (Wildman–Crippen LogP) is 6.39. The van der Waals surface area contributed by atoms with Crippen LogP contribution in [-0.2, 0) is 21.2 Å². The third kappa shape index (κ3) is 3.76. The lowest BCUT2D eigenvalue weighted by Gasteiger charge is -2.47. The Morgan fingerprint density at radius 2 is 1.69 bits per heavy atom. The van der Waals surface area contributed by atoms with Crippen LogP contribution in [0, 0.1) is 5.82 Å². The number of hydrogen-bond donors (Lipinski definition) is 2. The predicted molar refractivity (Wildman–Crippen MR) is 123 cm³/mol. The Bertz CT molecular complexity index is 1380. The van der Waals surface area contributed by atoms with Crippen molar-refractivity contribution in [3.8, 4) is 0 Å². The Balaban J connectivity index is 1.86. The van der Waals surface area contributed by atoms with Crippen molar-refractivity contribution in [1.82, 2.24) is 5.32 Å². The molecule has 2 amide bonds. The van der Waals surface area contributed by atoms with Crippen LogP contribution in [0.2, 0.25) is 10.0 Å². The second-order valence-electron chi connectivity index (χ2n) is 8.55. The lowest BCUT2D eigenvalue weighted by molar-refractivity contribution is -0.141. The van der Waals surface area contributed by atoms with Crippen molar-refractivity contribution in [3.63, 3.8) is 0 Å². The van der Waals surface area contributed by atoms with E-state index < -0.39 is 52.3 Å². The summed E-state index contributed by atoms with van der Waals surface area (Å²) in [5.74, 6) is -3.07. The average molecular weight is 523 g/mol. The summed E-state index contributed by atoms with van der Waals surface area (Å²) in [5, 5.41) is 5.93. The van der Waals surface area contributed by atoms with E-state index in [1.807, 2.05) is 0 Å². The highest BCUT2D eigenvalue weighted by Gasteiger charge is 2.62. The molecule has 2 aliphatic rings. The van der Waals surface area contributed by atoms with Crippen LogP contribution in [-0.4, -0.2) is 11.8 Å². The molecular formula is C25H16Cl2F4N2O2. The monoisotopic (exact) mass is 522 g/mol. The smallest absolute Gasteiger partial charge is 0.348 e. The van der Waals surface area contributed by atoms with Crippen LogP contribution in [0.25, 0.3) is 0 Å². The maximum absolute atomic E-state index is 14.4. The van der Waals surface area contributed by atoms with Gasteiger partial charge in [0.2, 0.25) is 11.8 Å². The fourth-order valence-corrected chi connectivity index (χ4v) is 5.67. The number of anilines is 1. The second-order valence-corrected chi connectivity index (χ2v) is 9.43. The molecule has 0 aromatic heterocycles. The van der Waals surface area contributed by atoms with E-state index in [1.165, 1.54) is 12.1 Å². The topological polar surface area (TPSA) is 58.2 Å². The number of nitrogens with one attached hydrogen (secondary N) is 2. The fraction of sp³-hybridized carbons (Fsp3) is 0.200. The van der Waals surface area contributed by atoms with Gasteiger partial charge in [-0.25, -0.2) is 4.39 Å². The van der Waals surface area contributed by atoms with Gasteiger partial charge >= 0.3 is 6.18 Å². The summed E-state index contributed by atoms with van der Waals surface area (Å²) in [6.45, 7) is 0. The molecule has 1 saturated heterocycles. The second kappa shape index (κ2) is 8.24. The van der Waals surface area contributed by atoms with E-state index in [4.69, 9.17) is 23.2 Å². The van der Waals surface area contributed by atoms with Gasteiger partial charge < -0.3 is 10.6 Å². The number of fused-ring (bicyclic) bond motifs is 2. The minimum Gasteiger partial charge on any atom is -0.348 e. The zero-order chi connectivity index (χ0) is 25.1. The first-order valence-corrected chi connectivity index (χ1v) is 11.3. The first kappa shape index (κ1) is 23.6. The van der Waals surface area contributed by atoms with Crippen LogP contribution in [0.15, 0.2) is 60.7 Å². The minimum atomic E-state index is -4.87. The summed E-state index contributed by atoms with van der Waals surface area (Å²) in [4.78, 5) is 26.7. The molecule has 1 spiro atoms. The zero-order valence-corrected chi connectivity index (χ0v) is 19.2. The Morgan fingerprint density at radius 3 is 2.40 bits per heavy atom. The van der Waals surface area contributed by atoms with Crippen LogP contribution in [0.1, 0.15) is 40.6 Å². The van der Waals surface area contributed by atoms with Gasteiger partial charge in [0, 0.05) is 28.1 Å². The zero-order valence-electron chi connectivity index (χ0n) is 17.7.